The van der Waals surface area contributed by atoms with Crippen LogP contribution in [-0.4, -0.2) is 94.6 Å². The van der Waals surface area contributed by atoms with Crippen molar-refractivity contribution in [2.45, 2.75) is 103 Å². The Hall–Kier alpha value is -2.87. The molecule has 1 aromatic rings. The van der Waals surface area contributed by atoms with Crippen LogP contribution in [0.5, 0.6) is 0 Å². The molecule has 1 aliphatic carbocycles. The molecule has 266 valence electrons. The molecule has 2 unspecified atom stereocenters. The van der Waals surface area contributed by atoms with Crippen LogP contribution in [-0.2, 0) is 45.1 Å². The Morgan fingerprint density at radius 2 is 2.02 bits per heavy atom. The van der Waals surface area contributed by atoms with Gasteiger partial charge < -0.3 is 43.2 Å². The van der Waals surface area contributed by atoms with Crippen molar-refractivity contribution in [2.24, 2.45) is 36.6 Å². The van der Waals surface area contributed by atoms with Gasteiger partial charge in [-0.15, -0.1) is 0 Å². The van der Waals surface area contributed by atoms with Crippen LogP contribution in [0.4, 0.5) is 0 Å². The topological polar surface area (TPSA) is 148 Å². The van der Waals surface area contributed by atoms with Crippen molar-refractivity contribution >= 4 is 18.0 Å². The molecule has 11 atom stereocenters. The SMILES string of the molecule is CCC1C[C@@]2(OC)O[C@H]1[C@@H](OC(=O)/C=C/c1cn(C)cn1)C[C@H]1C(C)=CC[C@H](C(C)C)[C@H]1/C=C\2COC1OC[C@@H](O)[C@@H](O)[C@@H]1OC(C)=O. The highest BCUT2D eigenvalue weighted by Gasteiger charge is 2.55. The van der Waals surface area contributed by atoms with E-state index in [4.69, 9.17) is 28.4 Å². The number of allylic oxidation sites excluding steroid dienone is 3. The van der Waals surface area contributed by atoms with Crippen molar-refractivity contribution in [1.82, 2.24) is 9.55 Å². The number of hydrogen-bond donors (Lipinski definition) is 2. The number of aromatic nitrogens is 2. The molecule has 5 rings (SSSR count). The van der Waals surface area contributed by atoms with Crippen LogP contribution in [0.1, 0.15) is 66.0 Å². The third-order valence-corrected chi connectivity index (χ3v) is 10.5. The summed E-state index contributed by atoms with van der Waals surface area (Å²) in [5, 5.41) is 20.9. The smallest absolute Gasteiger partial charge is 0.331 e. The molecule has 4 aliphatic rings. The van der Waals surface area contributed by atoms with Gasteiger partial charge in [0.05, 0.1) is 25.2 Å². The molecule has 3 aliphatic heterocycles. The van der Waals surface area contributed by atoms with E-state index in [1.54, 1.807) is 19.5 Å². The van der Waals surface area contributed by atoms with Crippen LogP contribution >= 0.6 is 0 Å². The Labute approximate surface area is 283 Å². The number of carbonyl (C=O) groups is 2. The number of carbonyl (C=O) groups excluding carboxylic acids is 2. The van der Waals surface area contributed by atoms with Gasteiger partial charge >= 0.3 is 11.9 Å². The van der Waals surface area contributed by atoms with Crippen LogP contribution in [0, 0.1) is 29.6 Å². The number of fused-ring (bicyclic) bond motifs is 3. The van der Waals surface area contributed by atoms with Crippen molar-refractivity contribution in [3.05, 3.63) is 47.6 Å². The summed E-state index contributed by atoms with van der Waals surface area (Å²) in [6.45, 7) is 9.73. The molecule has 0 amide bonds. The fourth-order valence-electron chi connectivity index (χ4n) is 7.86. The summed E-state index contributed by atoms with van der Waals surface area (Å²) in [5.41, 5.74) is 2.65. The first-order valence-electron chi connectivity index (χ1n) is 17.1. The fraction of sp³-hybridized carbons (Fsp3) is 0.694. The molecule has 1 aromatic heterocycles. The second-order valence-corrected chi connectivity index (χ2v) is 14.0. The van der Waals surface area contributed by atoms with Crippen LogP contribution in [0.2, 0.25) is 0 Å². The van der Waals surface area contributed by atoms with Gasteiger partial charge in [0.2, 0.25) is 0 Å². The van der Waals surface area contributed by atoms with Crippen LogP contribution in [0.15, 0.2) is 41.9 Å². The first-order valence-corrected chi connectivity index (χ1v) is 17.1. The van der Waals surface area contributed by atoms with Gasteiger partial charge in [-0.25, -0.2) is 9.78 Å². The summed E-state index contributed by atoms with van der Waals surface area (Å²) in [7, 11) is 3.48. The number of hydrogen-bond acceptors (Lipinski definition) is 11. The molecule has 4 heterocycles. The normalized spacial score (nSPS) is 38.0. The lowest BCUT2D eigenvalue weighted by molar-refractivity contribution is -0.276. The maximum atomic E-state index is 13.3. The minimum atomic E-state index is -1.38. The molecule has 0 saturated carbocycles. The molecule has 0 spiro atoms. The van der Waals surface area contributed by atoms with Gasteiger partial charge in [0.15, 0.2) is 18.2 Å². The first-order chi connectivity index (χ1) is 22.8. The molecule has 0 radical (unpaired) electrons. The summed E-state index contributed by atoms with van der Waals surface area (Å²) in [5.74, 6) is -1.51. The van der Waals surface area contributed by atoms with Crippen LogP contribution in [0.25, 0.3) is 6.08 Å². The van der Waals surface area contributed by atoms with Crippen molar-refractivity contribution < 1.29 is 48.2 Å². The van der Waals surface area contributed by atoms with Crippen molar-refractivity contribution in [2.75, 3.05) is 20.3 Å². The average molecular weight is 673 g/mol. The molecule has 48 heavy (non-hydrogen) atoms. The Morgan fingerprint density at radius 1 is 1.25 bits per heavy atom. The monoisotopic (exact) mass is 672 g/mol. The van der Waals surface area contributed by atoms with E-state index in [1.165, 1.54) is 18.6 Å². The Morgan fingerprint density at radius 3 is 2.67 bits per heavy atom. The quantitative estimate of drug-likeness (QED) is 0.213. The molecule has 2 saturated heterocycles. The van der Waals surface area contributed by atoms with Crippen LogP contribution < -0.4 is 0 Å². The van der Waals surface area contributed by atoms with E-state index in [2.05, 4.69) is 44.8 Å². The highest BCUT2D eigenvalue weighted by atomic mass is 16.7. The molecule has 12 heteroatoms. The number of aliphatic hydroxyl groups excluding tert-OH is 2. The number of aliphatic hydroxyl groups is 2. The predicted octanol–water partition coefficient (Wildman–Crippen LogP) is 3.71. The lowest BCUT2D eigenvalue weighted by Crippen LogP contribution is -2.55. The maximum Gasteiger partial charge on any atom is 0.331 e. The van der Waals surface area contributed by atoms with Gasteiger partial charge in [0.25, 0.3) is 0 Å². The lowest BCUT2D eigenvalue weighted by atomic mass is 9.65. The second kappa shape index (κ2) is 15.3. The molecule has 2 N–H and O–H groups in total. The molecule has 2 fully saturated rings. The summed E-state index contributed by atoms with van der Waals surface area (Å²) < 4.78 is 38.6. The fourth-order valence-corrected chi connectivity index (χ4v) is 7.86. The molecular formula is C36H52N2O10. The predicted molar refractivity (Wildman–Crippen MR) is 175 cm³/mol. The Balaban J connectivity index is 1.50. The molecule has 12 nitrogen and oxygen atoms in total. The number of imidazole rings is 1. The Kier molecular flexibility index (Phi) is 11.6. The second-order valence-electron chi connectivity index (χ2n) is 14.0. The zero-order valence-electron chi connectivity index (χ0n) is 29.1. The lowest BCUT2D eigenvalue weighted by Gasteiger charge is -2.41. The Bertz CT molecular complexity index is 1390. The van der Waals surface area contributed by atoms with Crippen LogP contribution in [0.3, 0.4) is 0 Å². The minimum absolute atomic E-state index is 0.00366. The number of esters is 2. The zero-order valence-corrected chi connectivity index (χ0v) is 29.1. The van der Waals surface area contributed by atoms with Gasteiger partial charge in [-0.2, -0.15) is 0 Å². The first kappa shape index (κ1) is 36.4. The molecule has 0 aromatic carbocycles. The number of rotatable bonds is 10. The third kappa shape index (κ3) is 7.79. The summed E-state index contributed by atoms with van der Waals surface area (Å²) in [6.07, 6.45) is 7.90. The maximum absolute atomic E-state index is 13.3. The van der Waals surface area contributed by atoms with Gasteiger partial charge in [0, 0.05) is 45.3 Å². The highest BCUT2D eigenvalue weighted by molar-refractivity contribution is 5.86. The minimum Gasteiger partial charge on any atom is -0.456 e. The number of ether oxygens (including phenoxy) is 6. The number of methoxy groups -OCH3 is 1. The van der Waals surface area contributed by atoms with Gasteiger partial charge in [-0.1, -0.05) is 44.9 Å². The van der Waals surface area contributed by atoms with Crippen molar-refractivity contribution in [3.8, 4) is 0 Å². The van der Waals surface area contributed by atoms with Crippen molar-refractivity contribution in [3.63, 3.8) is 0 Å². The van der Waals surface area contributed by atoms with E-state index in [9.17, 15) is 19.8 Å². The highest BCUT2D eigenvalue weighted by Crippen LogP contribution is 2.51. The number of aryl methyl sites for hydroxylation is 1. The van der Waals surface area contributed by atoms with E-state index in [0.717, 1.165) is 18.4 Å². The van der Waals surface area contributed by atoms with E-state index in [1.807, 2.05) is 17.8 Å². The zero-order chi connectivity index (χ0) is 34.7. The van der Waals surface area contributed by atoms with E-state index >= 15 is 0 Å². The van der Waals surface area contributed by atoms with E-state index in [0.29, 0.717) is 30.4 Å². The van der Waals surface area contributed by atoms with E-state index in [-0.39, 0.29) is 31.0 Å². The van der Waals surface area contributed by atoms with Gasteiger partial charge in [-0.05, 0) is 55.4 Å². The molecule has 2 bridgehead atoms. The standard InChI is InChI=1S/C36H52N2O10/c1-8-23-15-36(43-7)24(17-44-35-34(46-22(5)39)32(42)29(40)18-45-35)13-28-26(20(2)3)11-9-21(4)27(28)14-30(33(23)48-36)47-31(41)12-10-25-16-38(6)19-37-25/h9-10,12-13,16,19-20,23,26-30,32-35,40,42H,8,11,14-15,17-18H2,1-7H3/b12-10+,24-13-/t23?,26-,27+,28-,29-,30+,32-,33-,34+,35?,36-/m1/s1. The largest absolute Gasteiger partial charge is 0.456 e. The van der Waals surface area contributed by atoms with E-state index < -0.39 is 54.5 Å². The van der Waals surface area contributed by atoms with Crippen molar-refractivity contribution in [1.29, 1.82) is 0 Å². The molecular weight excluding hydrogens is 620 g/mol. The summed E-state index contributed by atoms with van der Waals surface area (Å²) in [4.78, 5) is 29.5. The summed E-state index contributed by atoms with van der Waals surface area (Å²) >= 11 is 0. The third-order valence-electron chi connectivity index (χ3n) is 10.5. The van der Waals surface area contributed by atoms with Gasteiger partial charge in [-0.3, -0.25) is 4.79 Å². The average Bonchev–Trinajstić information content (AvgIpc) is 3.66. The van der Waals surface area contributed by atoms with Gasteiger partial charge in [0.1, 0.15) is 24.4 Å². The summed E-state index contributed by atoms with van der Waals surface area (Å²) in [6, 6.07) is 0. The number of nitrogens with zero attached hydrogens (tertiary/aromatic N) is 2.